The fraction of sp³-hybridized carbons (Fsp3) is 0.286. The van der Waals surface area contributed by atoms with Gasteiger partial charge in [-0.25, -0.2) is 0 Å². The Labute approximate surface area is 106 Å². The molecule has 0 amide bonds. The highest BCUT2D eigenvalue weighted by Gasteiger charge is 2.14. The Morgan fingerprint density at radius 3 is 2.59 bits per heavy atom. The Kier molecular flexibility index (Phi) is 3.55. The van der Waals surface area contributed by atoms with Crippen LogP contribution in [0.25, 0.3) is 0 Å². The van der Waals surface area contributed by atoms with Crippen LogP contribution in [-0.2, 0) is 6.42 Å². The summed E-state index contributed by atoms with van der Waals surface area (Å²) in [5.41, 5.74) is 4.22. The van der Waals surface area contributed by atoms with Crippen molar-refractivity contribution in [3.63, 3.8) is 0 Å². The first-order chi connectivity index (χ1) is 8.08. The number of rotatable bonds is 3. The molecule has 2 aromatic rings. The summed E-state index contributed by atoms with van der Waals surface area (Å²) in [4.78, 5) is 0. The van der Waals surface area contributed by atoms with E-state index in [0.717, 1.165) is 5.56 Å². The molecule has 0 fully saturated rings. The molecule has 1 aromatic heterocycles. The summed E-state index contributed by atoms with van der Waals surface area (Å²) in [6.45, 7) is 4.14. The fourth-order valence-electron chi connectivity index (χ4n) is 1.81. The zero-order valence-electron chi connectivity index (χ0n) is 9.90. The Morgan fingerprint density at radius 2 is 2.00 bits per heavy atom. The molecule has 0 aliphatic rings. The average molecular weight is 251 g/mol. The second kappa shape index (κ2) is 4.94. The lowest BCUT2D eigenvalue weighted by Crippen LogP contribution is -2.01. The molecule has 1 N–H and O–H groups in total. The van der Waals surface area contributed by atoms with Crippen molar-refractivity contribution in [1.29, 1.82) is 0 Å². The van der Waals surface area contributed by atoms with Gasteiger partial charge in [-0.15, -0.1) is 0 Å². The van der Waals surface area contributed by atoms with Crippen molar-refractivity contribution in [3.8, 4) is 0 Å². The minimum absolute atomic E-state index is 0.265. The number of benzene rings is 1. The molecule has 0 aliphatic heterocycles. The van der Waals surface area contributed by atoms with Crippen LogP contribution in [0.2, 0.25) is 5.22 Å². The number of halogens is 1. The van der Waals surface area contributed by atoms with Crippen LogP contribution < -0.4 is 0 Å². The van der Waals surface area contributed by atoms with Crippen molar-refractivity contribution in [1.82, 2.24) is 0 Å². The monoisotopic (exact) mass is 250 g/mol. The highest BCUT2D eigenvalue weighted by atomic mass is 35.5. The molecule has 1 heterocycles. The molecule has 0 bridgehead atoms. The summed E-state index contributed by atoms with van der Waals surface area (Å²) in [5, 5.41) is 10.3. The highest BCUT2D eigenvalue weighted by Crippen LogP contribution is 2.27. The van der Waals surface area contributed by atoms with E-state index in [9.17, 15) is 5.11 Å². The maximum atomic E-state index is 10.1. The molecule has 2 rings (SSSR count). The third kappa shape index (κ3) is 2.71. The molecule has 17 heavy (non-hydrogen) atoms. The van der Waals surface area contributed by atoms with E-state index in [2.05, 4.69) is 26.0 Å². The fourth-order valence-corrected chi connectivity index (χ4v) is 2.05. The molecule has 0 saturated carbocycles. The Hall–Kier alpha value is -1.25. The van der Waals surface area contributed by atoms with Crippen molar-refractivity contribution < 1.29 is 9.52 Å². The van der Waals surface area contributed by atoms with Crippen LogP contribution in [0.5, 0.6) is 0 Å². The van der Waals surface area contributed by atoms with Gasteiger partial charge in [0, 0.05) is 12.0 Å². The van der Waals surface area contributed by atoms with E-state index in [4.69, 9.17) is 16.0 Å². The lowest BCUT2D eigenvalue weighted by atomic mass is 10.00. The lowest BCUT2D eigenvalue weighted by Gasteiger charge is -2.10. The van der Waals surface area contributed by atoms with Crippen LogP contribution in [0.3, 0.4) is 0 Å². The van der Waals surface area contributed by atoms with E-state index >= 15 is 0 Å². The van der Waals surface area contributed by atoms with Crippen molar-refractivity contribution in [3.05, 3.63) is 58.0 Å². The first-order valence-corrected chi connectivity index (χ1v) is 5.93. The number of aryl methyl sites for hydroxylation is 2. The van der Waals surface area contributed by atoms with Gasteiger partial charge in [0.2, 0.25) is 0 Å². The molecule has 1 unspecified atom stereocenters. The summed E-state index contributed by atoms with van der Waals surface area (Å²) in [6, 6.07) is 7.88. The Bertz CT molecular complexity index is 517. The van der Waals surface area contributed by atoms with Crippen LogP contribution >= 0.6 is 11.6 Å². The highest BCUT2D eigenvalue weighted by molar-refractivity contribution is 6.29. The lowest BCUT2D eigenvalue weighted by molar-refractivity contribution is 0.177. The largest absolute Gasteiger partial charge is 0.453 e. The van der Waals surface area contributed by atoms with E-state index in [0.29, 0.717) is 12.0 Å². The first-order valence-electron chi connectivity index (χ1n) is 5.55. The smallest absolute Gasteiger partial charge is 0.198 e. The maximum Gasteiger partial charge on any atom is 0.198 e. The van der Waals surface area contributed by atoms with E-state index in [1.54, 1.807) is 6.07 Å². The number of furan rings is 1. The Morgan fingerprint density at radius 1 is 1.24 bits per heavy atom. The molecular weight excluding hydrogens is 236 g/mol. The molecule has 0 saturated heterocycles. The van der Waals surface area contributed by atoms with Crippen LogP contribution in [0.4, 0.5) is 0 Å². The van der Waals surface area contributed by atoms with Gasteiger partial charge >= 0.3 is 0 Å². The van der Waals surface area contributed by atoms with Crippen molar-refractivity contribution in [2.24, 2.45) is 0 Å². The summed E-state index contributed by atoms with van der Waals surface area (Å²) >= 11 is 5.83. The van der Waals surface area contributed by atoms with Gasteiger partial charge < -0.3 is 9.52 Å². The number of aliphatic hydroxyl groups excluding tert-OH is 1. The number of hydrogen-bond acceptors (Lipinski definition) is 2. The van der Waals surface area contributed by atoms with Gasteiger partial charge in [0.15, 0.2) is 5.22 Å². The predicted octanol–water partition coefficient (Wildman–Crippen LogP) is 3.83. The van der Waals surface area contributed by atoms with Gasteiger partial charge in [-0.2, -0.15) is 0 Å². The molecule has 1 atom stereocenters. The zero-order valence-corrected chi connectivity index (χ0v) is 10.7. The van der Waals surface area contributed by atoms with Crippen LogP contribution in [-0.4, -0.2) is 5.11 Å². The minimum Gasteiger partial charge on any atom is -0.453 e. The summed E-state index contributed by atoms with van der Waals surface area (Å²) in [6.07, 6.45) is 1.41. The van der Waals surface area contributed by atoms with Gasteiger partial charge in [-0.3, -0.25) is 0 Å². The SMILES string of the molecule is Cc1ccc(CC(O)c2ccoc2Cl)cc1C. The summed E-state index contributed by atoms with van der Waals surface area (Å²) in [7, 11) is 0. The third-order valence-corrected chi connectivity index (χ3v) is 3.31. The molecule has 3 heteroatoms. The van der Waals surface area contributed by atoms with E-state index in [1.165, 1.54) is 17.4 Å². The number of aliphatic hydroxyl groups is 1. The molecule has 90 valence electrons. The molecule has 0 aliphatic carbocycles. The van der Waals surface area contributed by atoms with E-state index in [1.807, 2.05) is 6.07 Å². The third-order valence-electron chi connectivity index (χ3n) is 3.01. The molecule has 0 spiro atoms. The van der Waals surface area contributed by atoms with Gasteiger partial charge in [0.1, 0.15) is 0 Å². The summed E-state index contributed by atoms with van der Waals surface area (Å²) < 4.78 is 4.97. The average Bonchev–Trinajstić information content (AvgIpc) is 2.70. The normalized spacial score (nSPS) is 12.7. The standard InChI is InChI=1S/C14H15ClO2/c1-9-3-4-11(7-10(9)2)8-13(16)12-5-6-17-14(12)15/h3-7,13,16H,8H2,1-2H3. The second-order valence-electron chi connectivity index (χ2n) is 4.29. The molecule has 0 radical (unpaired) electrons. The maximum absolute atomic E-state index is 10.1. The van der Waals surface area contributed by atoms with Crippen LogP contribution in [0.15, 0.2) is 34.9 Å². The minimum atomic E-state index is -0.622. The molecule has 2 nitrogen and oxygen atoms in total. The quantitative estimate of drug-likeness (QED) is 0.898. The zero-order chi connectivity index (χ0) is 12.4. The van der Waals surface area contributed by atoms with Crippen molar-refractivity contribution in [2.75, 3.05) is 0 Å². The first kappa shape index (κ1) is 12.2. The van der Waals surface area contributed by atoms with Crippen LogP contribution in [0.1, 0.15) is 28.4 Å². The Balaban J connectivity index is 2.16. The van der Waals surface area contributed by atoms with Gasteiger partial charge in [0.25, 0.3) is 0 Å². The van der Waals surface area contributed by atoms with Crippen molar-refractivity contribution in [2.45, 2.75) is 26.4 Å². The second-order valence-corrected chi connectivity index (χ2v) is 4.63. The molecular formula is C14H15ClO2. The number of hydrogen-bond donors (Lipinski definition) is 1. The summed E-state index contributed by atoms with van der Waals surface area (Å²) in [5.74, 6) is 0. The van der Waals surface area contributed by atoms with Gasteiger partial charge in [-0.1, -0.05) is 18.2 Å². The van der Waals surface area contributed by atoms with E-state index < -0.39 is 6.10 Å². The van der Waals surface area contributed by atoms with Gasteiger partial charge in [-0.05, 0) is 48.2 Å². The topological polar surface area (TPSA) is 33.4 Å². The van der Waals surface area contributed by atoms with Crippen LogP contribution in [0, 0.1) is 13.8 Å². The molecule has 1 aromatic carbocycles. The van der Waals surface area contributed by atoms with Crippen molar-refractivity contribution >= 4 is 11.6 Å². The van der Waals surface area contributed by atoms with Gasteiger partial charge in [0.05, 0.1) is 12.4 Å². The predicted molar refractivity (Wildman–Crippen MR) is 68.3 cm³/mol. The van der Waals surface area contributed by atoms with E-state index in [-0.39, 0.29) is 5.22 Å².